The molecule has 0 aliphatic heterocycles. The van der Waals surface area contributed by atoms with Crippen molar-refractivity contribution in [3.63, 3.8) is 0 Å². The van der Waals surface area contributed by atoms with Crippen molar-refractivity contribution in [1.82, 2.24) is 0 Å². The zero-order chi connectivity index (χ0) is 28.8. The summed E-state index contributed by atoms with van der Waals surface area (Å²) in [6, 6.07) is 0. The average molecular weight is 572 g/mol. The molecular weight excluding hydrogens is 551 g/mol. The van der Waals surface area contributed by atoms with Crippen LogP contribution in [0.4, 0.5) is 57.1 Å². The van der Waals surface area contributed by atoms with Gasteiger partial charge in [0.2, 0.25) is 0 Å². The molecule has 3 unspecified atom stereocenters. The number of hydrogen-bond acceptors (Lipinski definition) is 7. The van der Waals surface area contributed by atoms with Gasteiger partial charge in [-0.15, -0.1) is 0 Å². The van der Waals surface area contributed by atoms with Gasteiger partial charge >= 0.3 is 35.8 Å². The molecular formula is C16H21F13O7. The van der Waals surface area contributed by atoms with Gasteiger partial charge < -0.3 is 34.6 Å². The number of ether oxygens (including phenoxy) is 3. The smallest absolute Gasteiger partial charge is 0.394 e. The van der Waals surface area contributed by atoms with Gasteiger partial charge in [-0.1, -0.05) is 0 Å². The first-order valence-electron chi connectivity index (χ1n) is 9.33. The fraction of sp³-hybridized carbons (Fsp3) is 1.00. The van der Waals surface area contributed by atoms with Crippen LogP contribution in [0.5, 0.6) is 0 Å². The summed E-state index contributed by atoms with van der Waals surface area (Å²) in [5, 5.41) is 36.3. The van der Waals surface area contributed by atoms with Crippen molar-refractivity contribution in [2.24, 2.45) is 0 Å². The van der Waals surface area contributed by atoms with Crippen LogP contribution in [-0.4, -0.2) is 121 Å². The van der Waals surface area contributed by atoms with E-state index >= 15 is 0 Å². The van der Waals surface area contributed by atoms with E-state index in [2.05, 4.69) is 9.47 Å². The van der Waals surface area contributed by atoms with Gasteiger partial charge in [-0.2, -0.15) is 57.1 Å². The molecule has 0 fully saturated rings. The van der Waals surface area contributed by atoms with Gasteiger partial charge in [0.05, 0.1) is 39.6 Å². The van der Waals surface area contributed by atoms with Gasteiger partial charge in [0.15, 0.2) is 0 Å². The third-order valence-electron chi connectivity index (χ3n) is 4.04. The van der Waals surface area contributed by atoms with Crippen LogP contribution in [0.25, 0.3) is 0 Å². The lowest BCUT2D eigenvalue weighted by atomic mass is 9.94. The van der Waals surface area contributed by atoms with Crippen molar-refractivity contribution in [3.05, 3.63) is 0 Å². The molecule has 218 valence electrons. The molecule has 0 spiro atoms. The lowest BCUT2D eigenvalue weighted by Gasteiger charge is -2.39. The number of rotatable bonds is 17. The molecule has 7 nitrogen and oxygen atoms in total. The Morgan fingerprint density at radius 3 is 1.17 bits per heavy atom. The van der Waals surface area contributed by atoms with Crippen molar-refractivity contribution in [3.8, 4) is 0 Å². The maximum atomic E-state index is 13.5. The number of hydrogen-bond donors (Lipinski definition) is 4. The maximum absolute atomic E-state index is 13.5. The molecule has 0 aromatic carbocycles. The highest BCUT2D eigenvalue weighted by Crippen LogP contribution is 2.60. The van der Waals surface area contributed by atoms with E-state index in [4.69, 9.17) is 14.9 Å². The Hall–Kier alpha value is -1.19. The van der Waals surface area contributed by atoms with Crippen LogP contribution < -0.4 is 0 Å². The summed E-state index contributed by atoms with van der Waals surface area (Å²) >= 11 is 0. The van der Waals surface area contributed by atoms with Gasteiger partial charge in [-0.05, 0) is 0 Å². The third-order valence-corrected chi connectivity index (χ3v) is 4.04. The third kappa shape index (κ3) is 7.90. The van der Waals surface area contributed by atoms with E-state index in [9.17, 15) is 67.3 Å². The van der Waals surface area contributed by atoms with Crippen LogP contribution in [0.1, 0.15) is 0 Å². The van der Waals surface area contributed by atoms with Crippen molar-refractivity contribution >= 4 is 0 Å². The first-order chi connectivity index (χ1) is 16.0. The summed E-state index contributed by atoms with van der Waals surface area (Å²) in [6.45, 7) is -7.35. The quantitative estimate of drug-likeness (QED) is 0.197. The highest BCUT2D eigenvalue weighted by molar-refractivity contribution is 5.10. The highest BCUT2D eigenvalue weighted by Gasteiger charge is 2.90. The molecule has 0 aliphatic rings. The zero-order valence-corrected chi connectivity index (χ0v) is 17.6. The zero-order valence-electron chi connectivity index (χ0n) is 17.6. The topological polar surface area (TPSA) is 109 Å². The minimum absolute atomic E-state index is 0.387. The fourth-order valence-corrected chi connectivity index (χ4v) is 2.04. The van der Waals surface area contributed by atoms with Crippen molar-refractivity contribution in [2.45, 2.75) is 54.1 Å². The van der Waals surface area contributed by atoms with Gasteiger partial charge in [0.25, 0.3) is 0 Å². The predicted octanol–water partition coefficient (Wildman–Crippen LogP) is 1.85. The minimum Gasteiger partial charge on any atom is -0.394 e. The number of aliphatic hydroxyl groups is 4. The Balaban J connectivity index is 4.92. The second-order valence-corrected chi connectivity index (χ2v) is 7.23. The van der Waals surface area contributed by atoms with E-state index in [1.54, 1.807) is 0 Å². The molecule has 36 heavy (non-hydrogen) atoms. The van der Waals surface area contributed by atoms with E-state index in [1.807, 2.05) is 0 Å². The van der Waals surface area contributed by atoms with Gasteiger partial charge in [0.1, 0.15) is 24.9 Å². The summed E-state index contributed by atoms with van der Waals surface area (Å²) in [6.07, 6.45) is -12.2. The summed E-state index contributed by atoms with van der Waals surface area (Å²) in [7, 11) is 0. The Kier molecular flexibility index (Phi) is 12.2. The highest BCUT2D eigenvalue weighted by atomic mass is 19.4. The van der Waals surface area contributed by atoms with Crippen LogP contribution in [0.3, 0.4) is 0 Å². The molecule has 0 aliphatic carbocycles. The van der Waals surface area contributed by atoms with Gasteiger partial charge in [-0.25, -0.2) is 0 Å². The molecule has 0 radical (unpaired) electrons. The summed E-state index contributed by atoms with van der Waals surface area (Å²) < 4.78 is 181. The first-order valence-corrected chi connectivity index (χ1v) is 9.33. The second kappa shape index (κ2) is 12.6. The summed E-state index contributed by atoms with van der Waals surface area (Å²) in [4.78, 5) is 0. The maximum Gasteiger partial charge on any atom is 0.460 e. The lowest BCUT2D eigenvalue weighted by molar-refractivity contribution is -0.441. The monoisotopic (exact) mass is 572 g/mol. The Bertz CT molecular complexity index is 661. The molecule has 0 amide bonds. The van der Waals surface area contributed by atoms with E-state index in [1.165, 1.54) is 0 Å². The van der Waals surface area contributed by atoms with Crippen molar-refractivity contribution in [2.75, 3.05) is 46.2 Å². The molecule has 0 rings (SSSR count). The Labute approximate surface area is 193 Å². The molecule has 0 bridgehead atoms. The average Bonchev–Trinajstić information content (AvgIpc) is 2.71. The summed E-state index contributed by atoms with van der Waals surface area (Å²) in [5.74, 6) is -37.7. The van der Waals surface area contributed by atoms with Gasteiger partial charge in [0, 0.05) is 0 Å². The largest absolute Gasteiger partial charge is 0.460 e. The number of alkyl halides is 13. The molecule has 0 aromatic heterocycles. The van der Waals surface area contributed by atoms with Crippen LogP contribution in [0.2, 0.25) is 0 Å². The van der Waals surface area contributed by atoms with E-state index in [-0.39, 0.29) is 6.61 Å². The molecule has 4 N–H and O–H groups in total. The van der Waals surface area contributed by atoms with Crippen molar-refractivity contribution < 1.29 is 91.7 Å². The van der Waals surface area contributed by atoms with Gasteiger partial charge in [-0.3, -0.25) is 0 Å². The predicted molar refractivity (Wildman–Crippen MR) is 88.4 cm³/mol. The molecule has 20 heteroatoms. The fourth-order valence-electron chi connectivity index (χ4n) is 2.04. The van der Waals surface area contributed by atoms with Crippen LogP contribution in [-0.2, 0) is 14.2 Å². The molecule has 0 saturated carbocycles. The normalized spacial score (nSPS) is 17.2. The molecule has 0 saturated heterocycles. The minimum atomic E-state index is -8.01. The number of halogens is 13. The van der Waals surface area contributed by atoms with Crippen molar-refractivity contribution in [1.29, 1.82) is 0 Å². The molecule has 0 heterocycles. The van der Waals surface area contributed by atoms with E-state index in [0.29, 0.717) is 0 Å². The second-order valence-electron chi connectivity index (χ2n) is 7.23. The first kappa shape index (κ1) is 34.8. The van der Waals surface area contributed by atoms with Crippen LogP contribution >= 0.6 is 0 Å². The van der Waals surface area contributed by atoms with E-state index < -0.39 is 93.7 Å². The number of aliphatic hydroxyl groups excluding tert-OH is 4. The summed E-state index contributed by atoms with van der Waals surface area (Å²) in [5.41, 5.74) is 0. The standard InChI is InChI=1S/C16H21F13O7/c17-11(18,12(19,20)13(21,22)14(23,24)15(25,26)16(27,28)29)7-36-6-10(33)5-35-4-9(32)3-34-2-8(31)1-30/h8-10,30-33H,1-7H2. The van der Waals surface area contributed by atoms with Crippen LogP contribution in [0, 0.1) is 0 Å². The van der Waals surface area contributed by atoms with E-state index in [0.717, 1.165) is 0 Å². The Morgan fingerprint density at radius 1 is 0.472 bits per heavy atom. The lowest BCUT2D eigenvalue weighted by Crippen LogP contribution is -2.70. The van der Waals surface area contributed by atoms with Crippen LogP contribution in [0.15, 0.2) is 0 Å². The molecule has 3 atom stereocenters. The SMILES string of the molecule is OCC(O)COCC(O)COCC(O)COCC(F)(F)C(F)(F)C(F)(F)C(F)(F)C(F)(F)C(F)(F)F. The molecule has 0 aromatic rings. The Morgan fingerprint density at radius 2 is 0.806 bits per heavy atom.